The molecule has 0 unspecified atom stereocenters. The van der Waals surface area contributed by atoms with Gasteiger partial charge in [0.25, 0.3) is 5.91 Å². The van der Waals surface area contributed by atoms with E-state index in [1.54, 1.807) is 37.6 Å². The number of benzene rings is 2. The Kier molecular flexibility index (Phi) is 7.59. The number of methoxy groups -OCH3 is 1. The number of piperazine rings is 1. The minimum atomic E-state index is -3.52. The zero-order valence-corrected chi connectivity index (χ0v) is 18.9. The van der Waals surface area contributed by atoms with Crippen LogP contribution in [-0.2, 0) is 14.8 Å². The van der Waals surface area contributed by atoms with E-state index in [4.69, 9.17) is 4.74 Å². The number of hydrogen-bond donors (Lipinski definition) is 2. The molecule has 3 rings (SSSR count). The molecule has 1 aliphatic rings. The van der Waals surface area contributed by atoms with Gasteiger partial charge in [0.05, 0.1) is 44.4 Å². The fourth-order valence-corrected chi connectivity index (χ4v) is 4.85. The molecular weight excluding hydrogens is 472 g/mol. The highest BCUT2D eigenvalue weighted by atomic mass is 79.9. The molecule has 10 heteroatoms. The van der Waals surface area contributed by atoms with Gasteiger partial charge >= 0.3 is 0 Å². The van der Waals surface area contributed by atoms with Gasteiger partial charge in [-0.15, -0.1) is 0 Å². The van der Waals surface area contributed by atoms with Crippen LogP contribution in [0, 0.1) is 0 Å². The lowest BCUT2D eigenvalue weighted by atomic mass is 10.2. The van der Waals surface area contributed by atoms with Gasteiger partial charge in [-0.1, -0.05) is 28.1 Å². The molecule has 0 spiro atoms. The molecule has 1 fully saturated rings. The molecule has 30 heavy (non-hydrogen) atoms. The van der Waals surface area contributed by atoms with Crippen molar-refractivity contribution in [3.63, 3.8) is 0 Å². The number of sulfonamides is 1. The van der Waals surface area contributed by atoms with Crippen molar-refractivity contribution in [3.05, 3.63) is 58.6 Å². The van der Waals surface area contributed by atoms with E-state index in [-0.39, 0.29) is 17.3 Å². The van der Waals surface area contributed by atoms with Crippen LogP contribution < -0.4 is 15.1 Å². The predicted octanol–water partition coefficient (Wildman–Crippen LogP) is 0.497. The minimum Gasteiger partial charge on any atom is -0.497 e. The van der Waals surface area contributed by atoms with Crippen LogP contribution in [0.2, 0.25) is 0 Å². The van der Waals surface area contributed by atoms with Gasteiger partial charge in [-0.3, -0.25) is 4.79 Å². The van der Waals surface area contributed by atoms with Crippen LogP contribution in [-0.4, -0.2) is 64.7 Å². The molecule has 0 bridgehead atoms. The van der Waals surface area contributed by atoms with Gasteiger partial charge in [0, 0.05) is 4.47 Å². The number of carbonyl (C=O) groups excluding carboxylic acids is 1. The highest BCUT2D eigenvalue weighted by Gasteiger charge is 2.31. The first-order valence-electron chi connectivity index (χ1n) is 9.44. The average Bonchev–Trinajstić information content (AvgIpc) is 2.74. The summed E-state index contributed by atoms with van der Waals surface area (Å²) < 4.78 is 32.9. The standard InChI is InChI=1S/C20H23BrN4O4S/c1-29-18-4-2-3-16(13-18)14-22-23-20(26)15-24-9-11-25(12-10-24)30(27,28)19-7-5-17(21)6-8-19/h2-8,13-14H,9-12,15H2,1H3,(H,23,26)/p+1. The minimum absolute atomic E-state index is 0.214. The number of halogens is 1. The van der Waals surface area contributed by atoms with E-state index in [9.17, 15) is 13.2 Å². The van der Waals surface area contributed by atoms with E-state index in [1.807, 2.05) is 24.3 Å². The molecule has 1 amide bonds. The Morgan fingerprint density at radius 2 is 1.93 bits per heavy atom. The maximum absolute atomic E-state index is 12.7. The van der Waals surface area contributed by atoms with Crippen LogP contribution >= 0.6 is 15.9 Å². The van der Waals surface area contributed by atoms with Crippen LogP contribution in [0.3, 0.4) is 0 Å². The summed E-state index contributed by atoms with van der Waals surface area (Å²) in [7, 11) is -1.93. The lowest BCUT2D eigenvalue weighted by molar-refractivity contribution is -0.895. The number of hydrogen-bond acceptors (Lipinski definition) is 5. The van der Waals surface area contributed by atoms with Crippen LogP contribution in [0.25, 0.3) is 0 Å². The molecule has 0 radical (unpaired) electrons. The third-order valence-corrected chi connectivity index (χ3v) is 7.23. The summed E-state index contributed by atoms with van der Waals surface area (Å²) >= 11 is 3.31. The van der Waals surface area contributed by atoms with Crippen molar-refractivity contribution >= 4 is 38.1 Å². The molecule has 1 heterocycles. The van der Waals surface area contributed by atoms with Crippen molar-refractivity contribution in [3.8, 4) is 5.75 Å². The summed E-state index contributed by atoms with van der Waals surface area (Å²) in [5.74, 6) is 0.499. The molecule has 2 aromatic rings. The molecular formula is C20H24BrN4O4S+. The Labute approximate surface area is 184 Å². The van der Waals surface area contributed by atoms with Gasteiger partial charge in [-0.05, 0) is 42.0 Å². The summed E-state index contributed by atoms with van der Waals surface area (Å²) in [4.78, 5) is 13.4. The molecule has 0 aromatic heterocycles. The number of nitrogens with zero attached hydrogens (tertiary/aromatic N) is 2. The quantitative estimate of drug-likeness (QED) is 0.432. The van der Waals surface area contributed by atoms with Crippen molar-refractivity contribution in [2.24, 2.45) is 5.10 Å². The third kappa shape index (κ3) is 5.88. The van der Waals surface area contributed by atoms with Crippen molar-refractivity contribution in [2.75, 3.05) is 39.8 Å². The van der Waals surface area contributed by atoms with E-state index in [0.29, 0.717) is 31.9 Å². The van der Waals surface area contributed by atoms with Crippen LogP contribution in [0.4, 0.5) is 0 Å². The monoisotopic (exact) mass is 495 g/mol. The normalized spacial score (nSPS) is 15.9. The SMILES string of the molecule is COc1cccc(C=NNC(=O)C[NH+]2CCN(S(=O)(=O)c3ccc(Br)cc3)CC2)c1. The van der Waals surface area contributed by atoms with Crippen molar-refractivity contribution in [2.45, 2.75) is 4.90 Å². The molecule has 0 saturated carbocycles. The van der Waals surface area contributed by atoms with E-state index in [0.717, 1.165) is 14.9 Å². The second kappa shape index (κ2) is 10.2. The van der Waals surface area contributed by atoms with Gasteiger partial charge in [-0.2, -0.15) is 9.41 Å². The molecule has 1 aliphatic heterocycles. The zero-order chi connectivity index (χ0) is 21.6. The van der Waals surface area contributed by atoms with E-state index in [2.05, 4.69) is 26.5 Å². The van der Waals surface area contributed by atoms with Crippen molar-refractivity contribution < 1.29 is 22.8 Å². The van der Waals surface area contributed by atoms with Crippen LogP contribution in [0.1, 0.15) is 5.56 Å². The van der Waals surface area contributed by atoms with Gasteiger partial charge in [0.1, 0.15) is 5.75 Å². The first-order valence-corrected chi connectivity index (χ1v) is 11.7. The summed E-state index contributed by atoms with van der Waals surface area (Å²) in [5, 5.41) is 3.98. The Bertz CT molecular complexity index is 1000. The fraction of sp³-hybridized carbons (Fsp3) is 0.300. The Hall–Kier alpha value is -2.27. The fourth-order valence-electron chi connectivity index (χ4n) is 3.14. The average molecular weight is 496 g/mol. The lowest BCUT2D eigenvalue weighted by Crippen LogP contribution is -3.15. The molecule has 8 nitrogen and oxygen atoms in total. The summed E-state index contributed by atoms with van der Waals surface area (Å²) in [6.07, 6.45) is 1.55. The number of hydrazone groups is 1. The highest BCUT2D eigenvalue weighted by Crippen LogP contribution is 2.18. The third-order valence-electron chi connectivity index (χ3n) is 4.79. The van der Waals surface area contributed by atoms with E-state index >= 15 is 0 Å². The second-order valence-corrected chi connectivity index (χ2v) is 9.71. The molecule has 160 valence electrons. The van der Waals surface area contributed by atoms with Crippen LogP contribution in [0.15, 0.2) is 63.0 Å². The largest absolute Gasteiger partial charge is 0.497 e. The number of amides is 1. The smallest absolute Gasteiger partial charge is 0.295 e. The topological polar surface area (TPSA) is 92.5 Å². The number of carbonyl (C=O) groups is 1. The molecule has 0 aliphatic carbocycles. The molecule has 0 atom stereocenters. The Morgan fingerprint density at radius 3 is 2.60 bits per heavy atom. The Morgan fingerprint density at radius 1 is 1.23 bits per heavy atom. The second-order valence-electron chi connectivity index (χ2n) is 6.85. The first-order chi connectivity index (χ1) is 14.4. The maximum atomic E-state index is 12.7. The number of nitrogens with one attached hydrogen (secondary N) is 2. The van der Waals surface area contributed by atoms with E-state index < -0.39 is 10.0 Å². The lowest BCUT2D eigenvalue weighted by Gasteiger charge is -2.31. The van der Waals surface area contributed by atoms with E-state index in [1.165, 1.54) is 4.31 Å². The number of quaternary nitrogens is 1. The van der Waals surface area contributed by atoms with Gasteiger partial charge in [-0.25, -0.2) is 13.8 Å². The van der Waals surface area contributed by atoms with Crippen LogP contribution in [0.5, 0.6) is 5.75 Å². The maximum Gasteiger partial charge on any atom is 0.295 e. The summed E-state index contributed by atoms with van der Waals surface area (Å²) in [5.41, 5.74) is 3.33. The number of ether oxygens (including phenoxy) is 1. The first kappa shape index (κ1) is 22.4. The molecule has 2 aromatic carbocycles. The molecule has 1 saturated heterocycles. The van der Waals surface area contributed by atoms with Gasteiger partial charge in [0.15, 0.2) is 6.54 Å². The highest BCUT2D eigenvalue weighted by molar-refractivity contribution is 9.10. The summed E-state index contributed by atoms with van der Waals surface area (Å²) in [6, 6.07) is 13.9. The molecule has 2 N–H and O–H groups in total. The van der Waals surface area contributed by atoms with Crippen molar-refractivity contribution in [1.82, 2.24) is 9.73 Å². The van der Waals surface area contributed by atoms with Crippen molar-refractivity contribution in [1.29, 1.82) is 0 Å². The zero-order valence-electron chi connectivity index (χ0n) is 16.5. The Balaban J connectivity index is 1.47. The number of rotatable bonds is 7. The van der Waals surface area contributed by atoms with Gasteiger partial charge in [0.2, 0.25) is 10.0 Å². The van der Waals surface area contributed by atoms with Gasteiger partial charge < -0.3 is 9.64 Å². The summed E-state index contributed by atoms with van der Waals surface area (Å²) in [6.45, 7) is 2.09. The predicted molar refractivity (Wildman–Crippen MR) is 117 cm³/mol.